The second-order valence-electron chi connectivity index (χ2n) is 6.29. The van der Waals surface area contributed by atoms with Gasteiger partial charge in [-0.25, -0.2) is 0 Å². The van der Waals surface area contributed by atoms with Gasteiger partial charge in [0.1, 0.15) is 0 Å². The molecule has 0 aromatic heterocycles. The highest BCUT2D eigenvalue weighted by atomic mass is 16.2. The monoisotopic (exact) mass is 274 g/mol. The van der Waals surface area contributed by atoms with E-state index in [0.29, 0.717) is 5.92 Å². The Morgan fingerprint density at radius 2 is 1.95 bits per heavy atom. The Hall–Kier alpha value is -1.35. The Morgan fingerprint density at radius 1 is 1.25 bits per heavy atom. The van der Waals surface area contributed by atoms with Crippen LogP contribution in [-0.4, -0.2) is 18.0 Å². The normalized spacial score (nSPS) is 19.5. The molecule has 1 aliphatic rings. The number of hydrogen-bond donors (Lipinski definition) is 2. The molecule has 3 nitrogen and oxygen atoms in total. The Morgan fingerprint density at radius 3 is 2.65 bits per heavy atom. The summed E-state index contributed by atoms with van der Waals surface area (Å²) < 4.78 is 0. The van der Waals surface area contributed by atoms with Gasteiger partial charge in [0.2, 0.25) is 5.91 Å². The zero-order chi connectivity index (χ0) is 14.5. The molecular formula is C17H26N2O. The van der Waals surface area contributed by atoms with Gasteiger partial charge in [-0.1, -0.05) is 38.1 Å². The Balaban J connectivity index is 1.85. The molecule has 1 aliphatic heterocycles. The minimum atomic E-state index is -0.0913. The van der Waals surface area contributed by atoms with Gasteiger partial charge >= 0.3 is 0 Å². The van der Waals surface area contributed by atoms with Crippen molar-refractivity contribution < 1.29 is 4.79 Å². The smallest absolute Gasteiger partial charge is 0.237 e. The van der Waals surface area contributed by atoms with E-state index in [4.69, 9.17) is 0 Å². The van der Waals surface area contributed by atoms with E-state index in [1.54, 1.807) is 0 Å². The van der Waals surface area contributed by atoms with Gasteiger partial charge in [0, 0.05) is 12.6 Å². The highest BCUT2D eigenvalue weighted by molar-refractivity contribution is 5.82. The number of amides is 1. The molecule has 0 fully saturated rings. The van der Waals surface area contributed by atoms with E-state index in [0.717, 1.165) is 25.8 Å². The number of carbonyl (C=O) groups excluding carboxylic acids is 1. The number of nitrogens with one attached hydrogen (secondary N) is 2. The molecule has 0 spiro atoms. The van der Waals surface area contributed by atoms with Crippen LogP contribution in [0.5, 0.6) is 0 Å². The summed E-state index contributed by atoms with van der Waals surface area (Å²) in [5.41, 5.74) is 2.60. The summed E-state index contributed by atoms with van der Waals surface area (Å²) in [6.07, 6.45) is 2.99. The molecule has 3 heteroatoms. The van der Waals surface area contributed by atoms with Crippen LogP contribution in [-0.2, 0) is 17.8 Å². The van der Waals surface area contributed by atoms with Gasteiger partial charge in [0.15, 0.2) is 0 Å². The third kappa shape index (κ3) is 4.07. The molecule has 0 radical (unpaired) electrons. The summed E-state index contributed by atoms with van der Waals surface area (Å²) in [5, 5.41) is 6.47. The zero-order valence-electron chi connectivity index (χ0n) is 12.8. The van der Waals surface area contributed by atoms with Gasteiger partial charge in [-0.2, -0.15) is 0 Å². The highest BCUT2D eigenvalue weighted by Crippen LogP contribution is 2.16. The fourth-order valence-corrected chi connectivity index (χ4v) is 2.64. The molecule has 2 atom stereocenters. The van der Waals surface area contributed by atoms with Crippen molar-refractivity contribution in [2.24, 2.45) is 5.92 Å². The summed E-state index contributed by atoms with van der Waals surface area (Å²) in [5.74, 6) is 0.824. The molecule has 2 rings (SSSR count). The molecule has 0 aliphatic carbocycles. The predicted octanol–water partition coefficient (Wildman–Crippen LogP) is 2.64. The fourth-order valence-electron chi connectivity index (χ4n) is 2.64. The van der Waals surface area contributed by atoms with Gasteiger partial charge in [-0.05, 0) is 43.2 Å². The van der Waals surface area contributed by atoms with E-state index in [9.17, 15) is 4.79 Å². The maximum atomic E-state index is 12.3. The van der Waals surface area contributed by atoms with E-state index in [-0.39, 0.29) is 18.0 Å². The molecular weight excluding hydrogens is 248 g/mol. The molecule has 1 aromatic carbocycles. The molecule has 1 amide bonds. The van der Waals surface area contributed by atoms with Crippen LogP contribution in [0.4, 0.5) is 0 Å². The van der Waals surface area contributed by atoms with Crippen molar-refractivity contribution in [3.8, 4) is 0 Å². The van der Waals surface area contributed by atoms with Crippen LogP contribution < -0.4 is 10.6 Å². The maximum absolute atomic E-state index is 12.3. The van der Waals surface area contributed by atoms with E-state index < -0.39 is 0 Å². The standard InChI is InChI=1S/C17H26N2O/c1-12(2)8-9-13(3)19-17(20)16-10-14-6-4-5-7-15(14)11-18-16/h4-7,12-13,16,18H,8-11H2,1-3H3,(H,19,20)/t13?,16-/m1/s1. The lowest BCUT2D eigenvalue weighted by atomic mass is 9.95. The van der Waals surface area contributed by atoms with Crippen molar-refractivity contribution in [2.45, 2.75) is 58.7 Å². The number of fused-ring (bicyclic) bond motifs is 1. The van der Waals surface area contributed by atoms with Gasteiger partial charge < -0.3 is 10.6 Å². The molecule has 1 aromatic rings. The molecule has 20 heavy (non-hydrogen) atoms. The highest BCUT2D eigenvalue weighted by Gasteiger charge is 2.24. The van der Waals surface area contributed by atoms with Crippen molar-refractivity contribution in [2.75, 3.05) is 0 Å². The first kappa shape index (κ1) is 15.0. The summed E-state index contributed by atoms with van der Waals surface area (Å²) in [7, 11) is 0. The first-order chi connectivity index (χ1) is 9.56. The van der Waals surface area contributed by atoms with E-state index in [1.165, 1.54) is 11.1 Å². The van der Waals surface area contributed by atoms with E-state index in [1.807, 2.05) is 6.07 Å². The summed E-state index contributed by atoms with van der Waals surface area (Å²) in [6, 6.07) is 8.51. The molecule has 110 valence electrons. The average molecular weight is 274 g/mol. The number of hydrogen-bond acceptors (Lipinski definition) is 2. The summed E-state index contributed by atoms with van der Waals surface area (Å²) in [6.45, 7) is 7.31. The molecule has 1 heterocycles. The Bertz CT molecular complexity index is 456. The molecule has 0 saturated heterocycles. The second-order valence-corrected chi connectivity index (χ2v) is 6.29. The quantitative estimate of drug-likeness (QED) is 0.866. The number of rotatable bonds is 5. The topological polar surface area (TPSA) is 41.1 Å². The molecule has 0 saturated carbocycles. The third-order valence-electron chi connectivity index (χ3n) is 3.96. The van der Waals surface area contributed by atoms with Crippen LogP contribution in [0.2, 0.25) is 0 Å². The van der Waals surface area contributed by atoms with Gasteiger partial charge in [-0.15, -0.1) is 0 Å². The van der Waals surface area contributed by atoms with Crippen molar-refractivity contribution >= 4 is 5.91 Å². The van der Waals surface area contributed by atoms with Crippen molar-refractivity contribution in [1.82, 2.24) is 10.6 Å². The first-order valence-electron chi connectivity index (χ1n) is 7.66. The molecule has 1 unspecified atom stereocenters. The Kier molecular flexibility index (Phi) is 5.18. The zero-order valence-corrected chi connectivity index (χ0v) is 12.8. The van der Waals surface area contributed by atoms with Crippen LogP contribution in [0.3, 0.4) is 0 Å². The number of carbonyl (C=O) groups is 1. The maximum Gasteiger partial charge on any atom is 0.237 e. The second kappa shape index (κ2) is 6.89. The number of benzene rings is 1. The van der Waals surface area contributed by atoms with Crippen LogP contribution >= 0.6 is 0 Å². The minimum absolute atomic E-state index is 0.0913. The van der Waals surface area contributed by atoms with Gasteiger partial charge in [-0.3, -0.25) is 4.79 Å². The van der Waals surface area contributed by atoms with Crippen molar-refractivity contribution in [3.05, 3.63) is 35.4 Å². The lowest BCUT2D eigenvalue weighted by Crippen LogP contribution is -2.49. The summed E-state index contributed by atoms with van der Waals surface area (Å²) in [4.78, 5) is 12.3. The van der Waals surface area contributed by atoms with Gasteiger partial charge in [0.25, 0.3) is 0 Å². The Labute approximate surface area is 122 Å². The predicted molar refractivity (Wildman–Crippen MR) is 82.5 cm³/mol. The van der Waals surface area contributed by atoms with Gasteiger partial charge in [0.05, 0.1) is 6.04 Å². The van der Waals surface area contributed by atoms with Crippen molar-refractivity contribution in [1.29, 1.82) is 0 Å². The molecule has 0 bridgehead atoms. The fraction of sp³-hybridized carbons (Fsp3) is 0.588. The van der Waals surface area contributed by atoms with Crippen LogP contribution in [0, 0.1) is 5.92 Å². The minimum Gasteiger partial charge on any atom is -0.352 e. The average Bonchev–Trinajstić information content (AvgIpc) is 2.44. The lowest BCUT2D eigenvalue weighted by molar-refractivity contribution is -0.124. The van der Waals surface area contributed by atoms with Crippen LogP contribution in [0.25, 0.3) is 0 Å². The first-order valence-corrected chi connectivity index (χ1v) is 7.66. The van der Waals surface area contributed by atoms with Crippen LogP contribution in [0.15, 0.2) is 24.3 Å². The SMILES string of the molecule is CC(C)CCC(C)NC(=O)[C@H]1Cc2ccccc2CN1. The lowest BCUT2D eigenvalue weighted by Gasteiger charge is -2.26. The summed E-state index contributed by atoms with van der Waals surface area (Å²) >= 11 is 0. The van der Waals surface area contributed by atoms with Crippen molar-refractivity contribution in [3.63, 3.8) is 0 Å². The molecule has 2 N–H and O–H groups in total. The largest absolute Gasteiger partial charge is 0.352 e. The third-order valence-corrected chi connectivity index (χ3v) is 3.96. The van der Waals surface area contributed by atoms with E-state index in [2.05, 4.69) is 49.6 Å². The van der Waals surface area contributed by atoms with Crippen LogP contribution in [0.1, 0.15) is 44.7 Å². The van der Waals surface area contributed by atoms with E-state index >= 15 is 0 Å².